The van der Waals surface area contributed by atoms with Crippen molar-refractivity contribution in [2.75, 3.05) is 54.4 Å². The van der Waals surface area contributed by atoms with E-state index in [0.717, 1.165) is 39.5 Å². The van der Waals surface area contributed by atoms with Crippen LogP contribution in [0.25, 0.3) is 0 Å². The van der Waals surface area contributed by atoms with Gasteiger partial charge in [-0.25, -0.2) is 0 Å². The minimum atomic E-state index is -0.673. The lowest BCUT2D eigenvalue weighted by atomic mass is 9.66. The lowest BCUT2D eigenvalue weighted by molar-refractivity contribution is -0.137. The molecule has 0 bridgehead atoms. The first kappa shape index (κ1) is 39.0. The minimum Gasteiger partial charge on any atom is -0.508 e. The molecule has 53 heavy (non-hydrogen) atoms. The molecule has 0 spiro atoms. The van der Waals surface area contributed by atoms with Gasteiger partial charge < -0.3 is 49.0 Å². The van der Waals surface area contributed by atoms with E-state index in [4.69, 9.17) is 33.3 Å². The van der Waals surface area contributed by atoms with Crippen molar-refractivity contribution in [1.82, 2.24) is 10.6 Å². The molecule has 0 fully saturated rings. The van der Waals surface area contributed by atoms with Crippen LogP contribution in [0.15, 0.2) is 53.7 Å². The van der Waals surface area contributed by atoms with Gasteiger partial charge in [-0.2, -0.15) is 0 Å². The highest BCUT2D eigenvalue weighted by Crippen LogP contribution is 2.51. The zero-order chi connectivity index (χ0) is 38.3. The van der Waals surface area contributed by atoms with E-state index in [1.807, 2.05) is 58.0 Å². The number of rotatable bonds is 14. The van der Waals surface area contributed by atoms with Gasteiger partial charge >= 0.3 is 0 Å². The van der Waals surface area contributed by atoms with Crippen LogP contribution in [0.1, 0.15) is 62.8 Å². The molecule has 3 aliphatic rings. The number of carbonyl (C=O) groups is 2. The van der Waals surface area contributed by atoms with E-state index < -0.39 is 11.0 Å². The molecule has 0 saturated heterocycles. The van der Waals surface area contributed by atoms with E-state index in [-0.39, 0.29) is 42.8 Å². The van der Waals surface area contributed by atoms with Crippen molar-refractivity contribution < 1.29 is 48.0 Å². The van der Waals surface area contributed by atoms with Gasteiger partial charge in [0.1, 0.15) is 12.4 Å². The Bertz CT molecular complexity index is 1760. The zero-order valence-electron chi connectivity index (χ0n) is 31.7. The van der Waals surface area contributed by atoms with E-state index in [0.29, 0.717) is 49.8 Å². The Morgan fingerprint density at radius 1 is 0.981 bits per heavy atom. The molecule has 0 radical (unpaired) electrons. The molecular weight excluding hydrogens is 682 g/mol. The van der Waals surface area contributed by atoms with E-state index >= 15 is 0 Å². The lowest BCUT2D eigenvalue weighted by Gasteiger charge is -2.36. The first-order valence-electron chi connectivity index (χ1n) is 17.6. The summed E-state index contributed by atoms with van der Waals surface area (Å²) in [5.41, 5.74) is 4.08. The van der Waals surface area contributed by atoms with Crippen LogP contribution >= 0.6 is 0 Å². The SMILES string of the molecule is CC(C)(CNC=O)OCC(C)(C)C(=O)NCCc1ccc(O)cc1.COc1cc(C2c3cc4c(cc3C3=NOCC3C2C)OCO4)cc(OC)c1OC. The number of amides is 2. The average molecular weight is 734 g/mol. The second kappa shape index (κ2) is 16.7. The number of hydrogen-bond donors (Lipinski definition) is 3. The van der Waals surface area contributed by atoms with Crippen LogP contribution in [0.5, 0.6) is 34.5 Å². The maximum atomic E-state index is 12.3. The highest BCUT2D eigenvalue weighted by atomic mass is 16.7. The fourth-order valence-electron chi connectivity index (χ4n) is 6.70. The summed E-state index contributed by atoms with van der Waals surface area (Å²) in [4.78, 5) is 28.2. The van der Waals surface area contributed by atoms with Gasteiger partial charge in [0, 0.05) is 30.5 Å². The summed E-state index contributed by atoms with van der Waals surface area (Å²) in [5.74, 6) is 4.05. The van der Waals surface area contributed by atoms with Crippen molar-refractivity contribution in [2.24, 2.45) is 22.4 Å². The van der Waals surface area contributed by atoms with Crippen LogP contribution in [-0.2, 0) is 25.6 Å². The normalized spacial score (nSPS) is 18.3. The Labute approximate surface area is 310 Å². The van der Waals surface area contributed by atoms with Gasteiger partial charge in [-0.05, 0) is 93.1 Å². The van der Waals surface area contributed by atoms with Crippen molar-refractivity contribution in [2.45, 2.75) is 52.6 Å². The predicted octanol–water partition coefficient (Wildman–Crippen LogP) is 5.19. The Balaban J connectivity index is 0.000000209. The summed E-state index contributed by atoms with van der Waals surface area (Å²) < 4.78 is 33.7. The monoisotopic (exact) mass is 733 g/mol. The predicted molar refractivity (Wildman–Crippen MR) is 198 cm³/mol. The summed E-state index contributed by atoms with van der Waals surface area (Å²) in [6, 6.07) is 15.1. The van der Waals surface area contributed by atoms with Gasteiger partial charge in [-0.3, -0.25) is 9.59 Å². The van der Waals surface area contributed by atoms with Crippen molar-refractivity contribution in [1.29, 1.82) is 0 Å². The average Bonchev–Trinajstić information content (AvgIpc) is 3.84. The number of hydrogen-bond acceptors (Lipinski definition) is 11. The van der Waals surface area contributed by atoms with Gasteiger partial charge in [0.2, 0.25) is 24.9 Å². The van der Waals surface area contributed by atoms with Crippen LogP contribution < -0.4 is 34.3 Å². The second-order valence-electron chi connectivity index (χ2n) is 14.6. The van der Waals surface area contributed by atoms with Crippen LogP contribution in [-0.4, -0.2) is 83.2 Å². The highest BCUT2D eigenvalue weighted by Gasteiger charge is 2.44. The highest BCUT2D eigenvalue weighted by molar-refractivity contribution is 6.06. The van der Waals surface area contributed by atoms with Crippen LogP contribution in [0.3, 0.4) is 0 Å². The van der Waals surface area contributed by atoms with Crippen molar-refractivity contribution in [3.63, 3.8) is 0 Å². The van der Waals surface area contributed by atoms with Crippen LogP contribution in [0, 0.1) is 17.3 Å². The molecule has 6 rings (SSSR count). The van der Waals surface area contributed by atoms with Crippen molar-refractivity contribution in [3.05, 3.63) is 70.8 Å². The summed E-state index contributed by atoms with van der Waals surface area (Å²) in [6.45, 7) is 11.6. The first-order valence-corrected chi connectivity index (χ1v) is 17.6. The number of benzene rings is 3. The molecule has 0 saturated carbocycles. The molecule has 2 heterocycles. The summed E-state index contributed by atoms with van der Waals surface area (Å²) in [6.07, 6.45) is 1.32. The molecule has 13 heteroatoms. The number of phenolic OH excluding ortho intramolecular Hbond substituents is 1. The molecule has 286 valence electrons. The Morgan fingerprint density at radius 2 is 1.64 bits per heavy atom. The summed E-state index contributed by atoms with van der Waals surface area (Å²) in [5, 5.41) is 19.1. The molecule has 3 atom stereocenters. The molecule has 2 aliphatic heterocycles. The van der Waals surface area contributed by atoms with Crippen LogP contribution in [0.2, 0.25) is 0 Å². The Hall–Kier alpha value is -5.17. The Morgan fingerprint density at radius 3 is 2.26 bits per heavy atom. The number of fused-ring (bicyclic) bond motifs is 4. The van der Waals surface area contributed by atoms with E-state index in [9.17, 15) is 14.7 Å². The van der Waals surface area contributed by atoms with Crippen molar-refractivity contribution >= 4 is 18.0 Å². The summed E-state index contributed by atoms with van der Waals surface area (Å²) in [7, 11) is 4.87. The maximum Gasteiger partial charge on any atom is 0.231 e. The zero-order valence-corrected chi connectivity index (χ0v) is 31.7. The van der Waals surface area contributed by atoms with E-state index in [1.54, 1.807) is 33.5 Å². The largest absolute Gasteiger partial charge is 0.508 e. The third kappa shape index (κ3) is 8.90. The molecular formula is C40H51N3O10. The number of oxime groups is 1. The van der Waals surface area contributed by atoms with Crippen LogP contribution in [0.4, 0.5) is 0 Å². The van der Waals surface area contributed by atoms with Gasteiger partial charge in [0.05, 0.1) is 44.7 Å². The molecule has 3 unspecified atom stereocenters. The first-order chi connectivity index (χ1) is 25.3. The molecule has 3 aromatic rings. The molecule has 3 aromatic carbocycles. The minimum absolute atomic E-state index is 0.0823. The van der Waals surface area contributed by atoms with Crippen molar-refractivity contribution in [3.8, 4) is 34.5 Å². The third-order valence-corrected chi connectivity index (χ3v) is 9.82. The number of phenols is 1. The standard InChI is InChI=1S/C22H23NO6.C18H28N2O4/c1-11-15-9-29-23-21(15)14-8-17-16(27-10-28-17)7-13(14)20(11)12-5-18(24-2)22(26-4)19(6-12)25-3;1-17(2,12-24-18(3,4)11-19-13-21)16(23)20-10-9-14-5-7-15(22)8-6-14/h5-8,11,15,20H,9-10H2,1-4H3;5-8,13,22H,9-12H2,1-4H3,(H,19,21)(H,20,23). The number of nitrogens with zero attached hydrogens (tertiary/aromatic N) is 1. The Kier molecular flexibility index (Phi) is 12.3. The number of ether oxygens (including phenoxy) is 6. The fraction of sp³-hybridized carbons (Fsp3) is 0.475. The molecule has 0 aromatic heterocycles. The lowest BCUT2D eigenvalue weighted by Crippen LogP contribution is -2.45. The number of aromatic hydroxyl groups is 1. The maximum absolute atomic E-state index is 12.3. The van der Waals surface area contributed by atoms with E-state index in [1.165, 1.54) is 0 Å². The fourth-order valence-corrected chi connectivity index (χ4v) is 6.70. The summed E-state index contributed by atoms with van der Waals surface area (Å²) >= 11 is 0. The number of nitrogens with one attached hydrogen (secondary N) is 2. The van der Waals surface area contributed by atoms with Gasteiger partial charge in [0.25, 0.3) is 0 Å². The van der Waals surface area contributed by atoms with E-state index in [2.05, 4.69) is 28.8 Å². The molecule has 2 amide bonds. The topological polar surface area (TPSA) is 155 Å². The quantitative estimate of drug-likeness (QED) is 0.189. The second-order valence-corrected chi connectivity index (χ2v) is 14.6. The number of carbonyl (C=O) groups excluding carboxylic acids is 2. The molecule has 13 nitrogen and oxygen atoms in total. The third-order valence-electron chi connectivity index (χ3n) is 9.82. The van der Waals surface area contributed by atoms with Gasteiger partial charge in [0.15, 0.2) is 23.0 Å². The van der Waals surface area contributed by atoms with Gasteiger partial charge in [-0.15, -0.1) is 0 Å². The van der Waals surface area contributed by atoms with Gasteiger partial charge in [-0.1, -0.05) is 24.2 Å². The molecule has 3 N–H and O–H groups in total. The number of methoxy groups -OCH3 is 3. The smallest absolute Gasteiger partial charge is 0.231 e. The molecule has 1 aliphatic carbocycles.